The van der Waals surface area contributed by atoms with E-state index < -0.39 is 23.1 Å². The van der Waals surface area contributed by atoms with Gasteiger partial charge < -0.3 is 15.2 Å². The first-order valence-corrected chi connectivity index (χ1v) is 14.7. The Balaban J connectivity index is 2.08. The van der Waals surface area contributed by atoms with Crippen molar-refractivity contribution < 1.29 is 23.9 Å². The molecular formula is C28H24Cl4N2O5S. The number of fused-ring (bicyclic) bond motifs is 1. The highest BCUT2D eigenvalue weighted by Gasteiger charge is 2.39. The molecule has 0 unspecified atom stereocenters. The van der Waals surface area contributed by atoms with Gasteiger partial charge in [0.1, 0.15) is 10.2 Å². The first-order chi connectivity index (χ1) is 19.1. The van der Waals surface area contributed by atoms with Crippen LogP contribution in [0.5, 0.6) is 0 Å². The normalized spacial score (nSPS) is 15.2. The number of halogens is 4. The highest BCUT2D eigenvalue weighted by atomic mass is 35.5. The number of nitrogens with zero attached hydrogens (tertiary/aromatic N) is 1. The molecule has 0 aliphatic carbocycles. The molecule has 210 valence electrons. The Morgan fingerprint density at radius 1 is 1.00 bits per heavy atom. The van der Waals surface area contributed by atoms with E-state index in [1.165, 1.54) is 6.07 Å². The number of esters is 2. The molecule has 3 aromatic rings. The van der Waals surface area contributed by atoms with E-state index in [9.17, 15) is 14.4 Å². The van der Waals surface area contributed by atoms with Crippen molar-refractivity contribution in [1.82, 2.24) is 4.57 Å². The molecule has 0 bridgehead atoms. The minimum absolute atomic E-state index is 0.0545. The van der Waals surface area contributed by atoms with E-state index in [0.717, 1.165) is 22.7 Å². The van der Waals surface area contributed by atoms with Crippen LogP contribution < -0.4 is 16.3 Å². The summed E-state index contributed by atoms with van der Waals surface area (Å²) in [7, 11) is 0. The predicted octanol–water partition coefficient (Wildman–Crippen LogP) is 6.27. The zero-order chi connectivity index (χ0) is 29.1. The number of rotatable bonds is 8. The molecule has 4 rings (SSSR count). The average molecular weight is 642 g/mol. The summed E-state index contributed by atoms with van der Waals surface area (Å²) in [5.74, 6) is -2.05. The van der Waals surface area contributed by atoms with Gasteiger partial charge in [-0.1, -0.05) is 83.6 Å². The number of ether oxygens (including phenoxy) is 2. The lowest BCUT2D eigenvalue weighted by atomic mass is 10.1. The lowest BCUT2D eigenvalue weighted by Gasteiger charge is -2.24. The second-order valence-electron chi connectivity index (χ2n) is 8.71. The molecule has 0 radical (unpaired) electrons. The number of aromatic nitrogens is 1. The quantitative estimate of drug-likeness (QED) is 0.229. The van der Waals surface area contributed by atoms with Crippen LogP contribution in [0.15, 0.2) is 36.4 Å². The summed E-state index contributed by atoms with van der Waals surface area (Å²) in [5, 5.41) is 0.629. The number of nitrogen functional groups attached to an aromatic ring is 1. The van der Waals surface area contributed by atoms with Crippen LogP contribution in [0.4, 0.5) is 5.69 Å². The summed E-state index contributed by atoms with van der Waals surface area (Å²) >= 11 is 26.0. The molecule has 40 heavy (non-hydrogen) atoms. The Morgan fingerprint density at radius 3 is 2.30 bits per heavy atom. The standard InChI is InChI=1S/C28H24Cl4N2O5S/c1-3-5-10-39-27(36)23-21(33)18(11-14-6-7-15(29)12-19(14)31)22-25(28(37)38-4-2)40-24(26(35)34(22)23)17-9-8-16(30)13-20(17)32/h6-9,11-13,24H,3-5,10,33H2,1-2H3/b18-11+/t24-/m0/s1. The topological polar surface area (TPSA) is 101 Å². The highest BCUT2D eigenvalue weighted by Crippen LogP contribution is 2.42. The maximum atomic E-state index is 14.1. The van der Waals surface area contributed by atoms with Crippen LogP contribution in [-0.4, -0.2) is 35.6 Å². The molecule has 1 aromatic heterocycles. The molecule has 2 heterocycles. The average Bonchev–Trinajstić information content (AvgIpc) is 3.19. The third kappa shape index (κ3) is 6.02. The molecule has 2 N–H and O–H groups in total. The van der Waals surface area contributed by atoms with E-state index in [1.54, 1.807) is 43.3 Å². The number of thioether (sulfide) groups is 1. The fourth-order valence-corrected chi connectivity index (χ4v) is 6.43. The number of unbranched alkanes of at least 4 members (excludes halogenated alkanes) is 1. The van der Waals surface area contributed by atoms with Crippen LogP contribution in [0.1, 0.15) is 58.3 Å². The number of benzene rings is 2. The molecule has 0 fully saturated rings. The monoisotopic (exact) mass is 640 g/mol. The fourth-order valence-electron chi connectivity index (χ4n) is 4.14. The van der Waals surface area contributed by atoms with Crippen molar-refractivity contribution in [3.8, 4) is 0 Å². The minimum atomic E-state index is -1.02. The maximum Gasteiger partial charge on any atom is 0.357 e. The van der Waals surface area contributed by atoms with Gasteiger partial charge in [0, 0.05) is 25.3 Å². The summed E-state index contributed by atoms with van der Waals surface area (Å²) in [4.78, 5) is 40.9. The molecule has 0 amide bonds. The summed E-state index contributed by atoms with van der Waals surface area (Å²) < 4.78 is 11.9. The van der Waals surface area contributed by atoms with Gasteiger partial charge in [-0.05, 0) is 54.8 Å². The first-order valence-electron chi connectivity index (χ1n) is 12.3. The van der Waals surface area contributed by atoms with Crippen LogP contribution in [0.3, 0.4) is 0 Å². The molecule has 1 aliphatic heterocycles. The Morgan fingerprint density at radius 2 is 1.68 bits per heavy atom. The molecule has 0 saturated carbocycles. The third-order valence-corrected chi connectivity index (χ3v) is 8.45. The van der Waals surface area contributed by atoms with Gasteiger partial charge in [-0.2, -0.15) is 0 Å². The van der Waals surface area contributed by atoms with E-state index in [1.807, 2.05) is 6.92 Å². The van der Waals surface area contributed by atoms with Gasteiger partial charge in [-0.15, -0.1) is 0 Å². The van der Waals surface area contributed by atoms with Crippen molar-refractivity contribution in [2.45, 2.75) is 31.9 Å². The van der Waals surface area contributed by atoms with Gasteiger partial charge in [0.05, 0.1) is 24.3 Å². The molecule has 0 saturated heterocycles. The second-order valence-corrected chi connectivity index (χ2v) is 11.5. The second kappa shape index (κ2) is 12.9. The number of hydrogen-bond acceptors (Lipinski definition) is 7. The van der Waals surface area contributed by atoms with Crippen LogP contribution in [0, 0.1) is 0 Å². The van der Waals surface area contributed by atoms with Gasteiger partial charge in [0.15, 0.2) is 5.69 Å². The van der Waals surface area contributed by atoms with Crippen LogP contribution in [0.2, 0.25) is 20.1 Å². The number of carbonyl (C=O) groups is 3. The first kappa shape index (κ1) is 30.3. The third-order valence-electron chi connectivity index (χ3n) is 6.04. The maximum absolute atomic E-state index is 14.1. The molecule has 7 nitrogen and oxygen atoms in total. The largest absolute Gasteiger partial charge is 0.462 e. The van der Waals surface area contributed by atoms with Crippen LogP contribution in [0.25, 0.3) is 11.0 Å². The van der Waals surface area contributed by atoms with E-state index in [-0.39, 0.29) is 45.1 Å². The zero-order valence-corrected chi connectivity index (χ0v) is 25.3. The van der Waals surface area contributed by atoms with Crippen molar-refractivity contribution in [2.24, 2.45) is 0 Å². The lowest BCUT2D eigenvalue weighted by molar-refractivity contribution is -0.135. The van der Waals surface area contributed by atoms with Gasteiger partial charge in [-0.3, -0.25) is 9.36 Å². The Hall–Kier alpha value is -2.62. The van der Waals surface area contributed by atoms with Gasteiger partial charge in [0.25, 0.3) is 0 Å². The summed E-state index contributed by atoms with van der Waals surface area (Å²) in [6.07, 6.45) is 2.99. The summed E-state index contributed by atoms with van der Waals surface area (Å²) in [6, 6.07) is 9.51. The van der Waals surface area contributed by atoms with E-state index in [4.69, 9.17) is 61.6 Å². The van der Waals surface area contributed by atoms with Gasteiger partial charge in [-0.25, -0.2) is 9.59 Å². The predicted molar refractivity (Wildman–Crippen MR) is 161 cm³/mol. The van der Waals surface area contributed by atoms with Gasteiger partial charge >= 0.3 is 11.9 Å². The Kier molecular flexibility index (Phi) is 9.80. The molecule has 0 spiro atoms. The lowest BCUT2D eigenvalue weighted by Crippen LogP contribution is -2.42. The number of anilines is 1. The Labute approximate surface area is 254 Å². The van der Waals surface area contributed by atoms with Crippen molar-refractivity contribution in [2.75, 3.05) is 18.9 Å². The van der Waals surface area contributed by atoms with E-state index >= 15 is 0 Å². The van der Waals surface area contributed by atoms with Crippen LogP contribution >= 0.6 is 58.2 Å². The molecule has 12 heteroatoms. The van der Waals surface area contributed by atoms with Crippen molar-refractivity contribution >= 4 is 92.7 Å². The molecule has 2 aromatic carbocycles. The van der Waals surface area contributed by atoms with Gasteiger partial charge in [0.2, 0.25) is 5.91 Å². The van der Waals surface area contributed by atoms with E-state index in [0.29, 0.717) is 32.6 Å². The van der Waals surface area contributed by atoms with Crippen molar-refractivity contribution in [1.29, 1.82) is 0 Å². The SMILES string of the molecule is CCCCOC(=O)c1c(N)/c(=C\c2ccc(Cl)cc2Cl)c2n1C(=O)[C@H](c1ccc(Cl)cc1Cl)SC=2C(=O)OCC. The number of hydrogen-bond donors (Lipinski definition) is 1. The number of nitrogens with two attached hydrogens (primary N) is 1. The summed E-state index contributed by atoms with van der Waals surface area (Å²) in [6.45, 7) is 3.82. The minimum Gasteiger partial charge on any atom is -0.462 e. The smallest absolute Gasteiger partial charge is 0.357 e. The van der Waals surface area contributed by atoms with Crippen molar-refractivity contribution in [3.63, 3.8) is 0 Å². The summed E-state index contributed by atoms with van der Waals surface area (Å²) in [5.41, 5.74) is 7.20. The van der Waals surface area contributed by atoms with Crippen molar-refractivity contribution in [3.05, 3.63) is 83.9 Å². The fraction of sp³-hybridized carbons (Fsp3) is 0.250. The number of carbonyl (C=O) groups excluding carboxylic acids is 3. The molecule has 1 atom stereocenters. The molecule has 1 aliphatic rings. The zero-order valence-electron chi connectivity index (χ0n) is 21.4. The molecular weight excluding hydrogens is 618 g/mol. The van der Waals surface area contributed by atoms with E-state index in [2.05, 4.69) is 0 Å². The van der Waals surface area contributed by atoms with Crippen LogP contribution in [-0.2, 0) is 14.3 Å². The Bertz CT molecular complexity index is 1640. The highest BCUT2D eigenvalue weighted by molar-refractivity contribution is 8.10.